The monoisotopic (exact) mass is 837 g/mol. The maximum atomic E-state index is 13.6. The van der Waals surface area contributed by atoms with Gasteiger partial charge in [0.2, 0.25) is 23.7 Å². The summed E-state index contributed by atoms with van der Waals surface area (Å²) in [5, 5.41) is 18.2. The summed E-state index contributed by atoms with van der Waals surface area (Å²) in [5.74, 6) is -0.208. The van der Waals surface area contributed by atoms with E-state index in [1.807, 2.05) is 36.2 Å². The molecule has 5 aromatic rings. The van der Waals surface area contributed by atoms with Crippen LogP contribution in [0.3, 0.4) is 0 Å². The lowest BCUT2D eigenvalue weighted by atomic mass is 9.91. The molecule has 9 rings (SSSR count). The second-order valence-corrected chi connectivity index (χ2v) is 17.0. The molecule has 0 saturated carbocycles. The standard InChI is InChI=1S/C46H51N11O5/c1-27-6-4-7-28(2)39(27)51-40-36-26-48-46(52-41(36)54(3)53-40)49-32-9-5-8-30(22-32)25-47-24-29-14-18-56(19-15-29)43(60)31-16-20-55(21-17-31)33-10-11-34-35(23-33)45(62)57(44(34)61)37-12-13-38(58)50-42(37)59/h4-11,22-23,26,29,31,37,47H,12-21,24-25H2,1-3H3,(H,51,53)(H,48,49,52)(H,50,58,59). The van der Waals surface area contributed by atoms with E-state index in [1.54, 1.807) is 23.0 Å². The summed E-state index contributed by atoms with van der Waals surface area (Å²) in [5.41, 5.74) is 7.42. The number of fused-ring (bicyclic) bond motifs is 2. The molecule has 62 heavy (non-hydrogen) atoms. The van der Waals surface area contributed by atoms with Gasteiger partial charge in [-0.05, 0) is 105 Å². The molecule has 6 heterocycles. The Labute approximate surface area is 359 Å². The van der Waals surface area contributed by atoms with Crippen LogP contribution in [-0.4, -0.2) is 97.8 Å². The van der Waals surface area contributed by atoms with Gasteiger partial charge in [-0.3, -0.25) is 34.2 Å². The van der Waals surface area contributed by atoms with Gasteiger partial charge in [-0.15, -0.1) is 0 Å². The summed E-state index contributed by atoms with van der Waals surface area (Å²) in [6, 6.07) is 18.6. The Balaban J connectivity index is 0.720. The van der Waals surface area contributed by atoms with Crippen LogP contribution in [0, 0.1) is 25.7 Å². The number of hydrogen-bond acceptors (Lipinski definition) is 12. The maximum absolute atomic E-state index is 13.6. The molecule has 4 aliphatic heterocycles. The molecule has 3 fully saturated rings. The summed E-state index contributed by atoms with van der Waals surface area (Å²) >= 11 is 0. The smallest absolute Gasteiger partial charge is 0.262 e. The quantitative estimate of drug-likeness (QED) is 0.129. The maximum Gasteiger partial charge on any atom is 0.262 e. The van der Waals surface area contributed by atoms with E-state index in [9.17, 15) is 24.0 Å². The third kappa shape index (κ3) is 8.09. The summed E-state index contributed by atoms with van der Waals surface area (Å²) in [6.07, 6.45) is 5.31. The number of nitrogens with one attached hydrogen (secondary N) is 4. The zero-order chi connectivity index (χ0) is 43.1. The number of anilines is 5. The van der Waals surface area contributed by atoms with Crippen molar-refractivity contribution in [1.29, 1.82) is 0 Å². The van der Waals surface area contributed by atoms with Crippen LogP contribution in [0.1, 0.15) is 75.9 Å². The molecular formula is C46H51N11O5. The predicted octanol–water partition coefficient (Wildman–Crippen LogP) is 5.11. The highest BCUT2D eigenvalue weighted by Gasteiger charge is 2.45. The average Bonchev–Trinajstić information content (AvgIpc) is 3.72. The molecule has 16 heteroatoms. The molecule has 2 aromatic heterocycles. The van der Waals surface area contributed by atoms with Crippen LogP contribution in [0.2, 0.25) is 0 Å². The minimum absolute atomic E-state index is 0.0540. The normalized spacial score (nSPS) is 18.7. The lowest BCUT2D eigenvalue weighted by Crippen LogP contribution is -2.54. The first-order valence-corrected chi connectivity index (χ1v) is 21.5. The Kier molecular flexibility index (Phi) is 11.2. The number of amides is 5. The minimum atomic E-state index is -0.997. The molecule has 0 spiro atoms. The number of imide groups is 2. The van der Waals surface area contributed by atoms with Gasteiger partial charge < -0.3 is 25.8 Å². The van der Waals surface area contributed by atoms with E-state index in [0.29, 0.717) is 43.6 Å². The molecule has 320 valence electrons. The molecule has 3 aromatic carbocycles. The SMILES string of the molecule is Cc1cccc(C)c1Nc1nn(C)c2nc(Nc3cccc(CNCC4CCN(C(=O)C5CCN(c6ccc7c(c6)C(=O)N(C6CCC(=O)NC6=O)C7=O)CC5)CC4)c3)ncc12. The zero-order valence-electron chi connectivity index (χ0n) is 35.2. The molecule has 0 aliphatic carbocycles. The van der Waals surface area contributed by atoms with Gasteiger partial charge in [-0.25, -0.2) is 9.67 Å². The lowest BCUT2D eigenvalue weighted by Gasteiger charge is -2.38. The van der Waals surface area contributed by atoms with Crippen molar-refractivity contribution in [3.05, 3.63) is 94.7 Å². The molecule has 16 nitrogen and oxygen atoms in total. The highest BCUT2D eigenvalue weighted by molar-refractivity contribution is 6.23. The summed E-state index contributed by atoms with van der Waals surface area (Å²) in [4.78, 5) is 78.8. The molecular weight excluding hydrogens is 787 g/mol. The molecule has 3 saturated heterocycles. The van der Waals surface area contributed by atoms with E-state index < -0.39 is 29.7 Å². The zero-order valence-corrected chi connectivity index (χ0v) is 35.2. The average molecular weight is 838 g/mol. The molecule has 0 bridgehead atoms. The van der Waals surface area contributed by atoms with Gasteiger partial charge >= 0.3 is 0 Å². The number of rotatable bonds is 11. The highest BCUT2D eigenvalue weighted by Crippen LogP contribution is 2.34. The number of benzene rings is 3. The number of likely N-dealkylation sites (tertiary alicyclic amines) is 1. The van der Waals surface area contributed by atoms with Crippen LogP contribution in [0.5, 0.6) is 0 Å². The summed E-state index contributed by atoms with van der Waals surface area (Å²) < 4.78 is 1.76. The Morgan fingerprint density at radius 2 is 1.58 bits per heavy atom. The lowest BCUT2D eigenvalue weighted by molar-refractivity contribution is -0.138. The number of para-hydroxylation sites is 1. The van der Waals surface area contributed by atoms with Crippen LogP contribution in [0.4, 0.5) is 28.8 Å². The summed E-state index contributed by atoms with van der Waals surface area (Å²) in [6.45, 7) is 8.55. The van der Waals surface area contributed by atoms with Crippen LogP contribution in [-0.2, 0) is 28.0 Å². The Morgan fingerprint density at radius 3 is 2.34 bits per heavy atom. The molecule has 0 radical (unpaired) electrons. The Hall–Kier alpha value is -6.68. The van der Waals surface area contributed by atoms with Gasteiger partial charge in [0.05, 0.1) is 16.5 Å². The van der Waals surface area contributed by atoms with Gasteiger partial charge in [0, 0.05) is 75.4 Å². The van der Waals surface area contributed by atoms with E-state index in [-0.39, 0.29) is 35.8 Å². The number of nitrogens with zero attached hydrogens (tertiary/aromatic N) is 7. The fraction of sp³-hybridized carbons (Fsp3) is 0.391. The molecule has 1 unspecified atom stereocenters. The van der Waals surface area contributed by atoms with Crippen LogP contribution < -0.4 is 26.2 Å². The van der Waals surface area contributed by atoms with Crippen molar-refractivity contribution in [2.75, 3.05) is 48.3 Å². The number of carbonyl (C=O) groups excluding carboxylic acids is 5. The van der Waals surface area contributed by atoms with Gasteiger partial charge in [-0.2, -0.15) is 10.1 Å². The van der Waals surface area contributed by atoms with E-state index in [2.05, 4.69) is 74.4 Å². The summed E-state index contributed by atoms with van der Waals surface area (Å²) in [7, 11) is 1.88. The van der Waals surface area contributed by atoms with Crippen molar-refractivity contribution in [2.45, 2.75) is 65.0 Å². The van der Waals surface area contributed by atoms with Crippen molar-refractivity contribution in [1.82, 2.24) is 40.2 Å². The third-order valence-electron chi connectivity index (χ3n) is 12.8. The molecule has 4 aliphatic rings. The van der Waals surface area contributed by atoms with Crippen LogP contribution in [0.15, 0.2) is 66.9 Å². The number of aryl methyl sites for hydroxylation is 3. The molecule has 4 N–H and O–H groups in total. The van der Waals surface area contributed by atoms with Gasteiger partial charge in [-0.1, -0.05) is 30.3 Å². The molecule has 1 atom stereocenters. The van der Waals surface area contributed by atoms with E-state index in [0.717, 1.165) is 88.7 Å². The van der Waals surface area contributed by atoms with Crippen molar-refractivity contribution in [3.63, 3.8) is 0 Å². The highest BCUT2D eigenvalue weighted by atomic mass is 16.2. The van der Waals surface area contributed by atoms with Gasteiger partial charge in [0.1, 0.15) is 6.04 Å². The van der Waals surface area contributed by atoms with E-state index in [4.69, 9.17) is 4.98 Å². The second-order valence-electron chi connectivity index (χ2n) is 17.0. The first kappa shape index (κ1) is 40.7. The predicted molar refractivity (Wildman–Crippen MR) is 234 cm³/mol. The molecule has 5 amide bonds. The topological polar surface area (TPSA) is 187 Å². The van der Waals surface area contributed by atoms with Gasteiger partial charge in [0.25, 0.3) is 11.8 Å². The van der Waals surface area contributed by atoms with Crippen LogP contribution >= 0.6 is 0 Å². The number of hydrogen-bond donors (Lipinski definition) is 4. The largest absolute Gasteiger partial charge is 0.371 e. The van der Waals surface area contributed by atoms with Crippen LogP contribution in [0.25, 0.3) is 11.0 Å². The first-order chi connectivity index (χ1) is 30.0. The number of piperidine rings is 3. The van der Waals surface area contributed by atoms with Crippen molar-refractivity contribution < 1.29 is 24.0 Å². The fourth-order valence-electron chi connectivity index (χ4n) is 9.29. The van der Waals surface area contributed by atoms with Crippen molar-refractivity contribution in [2.24, 2.45) is 18.9 Å². The fourth-order valence-corrected chi connectivity index (χ4v) is 9.29. The minimum Gasteiger partial charge on any atom is -0.371 e. The van der Waals surface area contributed by atoms with Gasteiger partial charge in [0.15, 0.2) is 11.5 Å². The second kappa shape index (κ2) is 17.0. The number of carbonyl (C=O) groups is 5. The Morgan fingerprint density at radius 1 is 0.839 bits per heavy atom. The number of aromatic nitrogens is 4. The van der Waals surface area contributed by atoms with Crippen molar-refractivity contribution >= 4 is 69.4 Å². The van der Waals surface area contributed by atoms with E-state index >= 15 is 0 Å². The van der Waals surface area contributed by atoms with Crippen molar-refractivity contribution in [3.8, 4) is 0 Å². The first-order valence-electron chi connectivity index (χ1n) is 21.5. The third-order valence-corrected chi connectivity index (χ3v) is 12.8. The van der Waals surface area contributed by atoms with E-state index in [1.165, 1.54) is 0 Å². The Bertz CT molecular complexity index is 2570.